The molecule has 1 heterocycles. The summed E-state index contributed by atoms with van der Waals surface area (Å²) in [7, 11) is 0. The molecule has 2 aromatic rings. The van der Waals surface area contributed by atoms with Gasteiger partial charge in [0.05, 0.1) is 0 Å². The zero-order chi connectivity index (χ0) is 14.7. The quantitative estimate of drug-likeness (QED) is 0.372. The van der Waals surface area contributed by atoms with E-state index in [1.165, 1.54) is 0 Å². The van der Waals surface area contributed by atoms with Gasteiger partial charge in [-0.2, -0.15) is 0 Å². The molecule has 0 unspecified atom stereocenters. The summed E-state index contributed by atoms with van der Waals surface area (Å²) in [5, 5.41) is 3.47. The third-order valence-corrected chi connectivity index (χ3v) is 3.09. The van der Waals surface area contributed by atoms with E-state index in [-0.39, 0.29) is 5.78 Å². The van der Waals surface area contributed by atoms with Crippen LogP contribution in [0.3, 0.4) is 0 Å². The van der Waals surface area contributed by atoms with E-state index in [4.69, 9.17) is 15.0 Å². The van der Waals surface area contributed by atoms with Crippen LogP contribution in [0.4, 0.5) is 5.69 Å². The minimum atomic E-state index is -0.125. The molecule has 104 valence electrons. The number of azide groups is 1. The Morgan fingerprint density at radius 3 is 2.38 bits per heavy atom. The van der Waals surface area contributed by atoms with Gasteiger partial charge in [0.2, 0.25) is 0 Å². The normalized spacial score (nSPS) is 12.4. The number of hydrogen-bond donors (Lipinski definition) is 0. The van der Waals surface area contributed by atoms with Crippen LogP contribution in [0.1, 0.15) is 15.9 Å². The van der Waals surface area contributed by atoms with Crippen molar-refractivity contribution in [2.75, 3.05) is 13.2 Å². The molecular formula is C15H11N3O3. The fraction of sp³-hybridized carbons (Fsp3) is 0.133. The summed E-state index contributed by atoms with van der Waals surface area (Å²) in [6.45, 7) is 0.993. The van der Waals surface area contributed by atoms with Gasteiger partial charge in [0.1, 0.15) is 13.2 Å². The first kappa shape index (κ1) is 13.0. The first-order valence-electron chi connectivity index (χ1n) is 6.37. The highest BCUT2D eigenvalue weighted by Crippen LogP contribution is 2.31. The molecule has 0 fully saturated rings. The largest absolute Gasteiger partial charge is 0.486 e. The van der Waals surface area contributed by atoms with Gasteiger partial charge in [0.25, 0.3) is 0 Å². The second-order valence-electron chi connectivity index (χ2n) is 4.42. The summed E-state index contributed by atoms with van der Waals surface area (Å²) in [4.78, 5) is 15.1. The maximum atomic E-state index is 12.4. The van der Waals surface area contributed by atoms with E-state index >= 15 is 0 Å². The van der Waals surface area contributed by atoms with Gasteiger partial charge in [-0.15, -0.1) is 0 Å². The van der Waals surface area contributed by atoms with E-state index in [0.29, 0.717) is 41.5 Å². The highest BCUT2D eigenvalue weighted by atomic mass is 16.6. The molecule has 0 radical (unpaired) electrons. The molecule has 0 amide bonds. The number of carbonyl (C=O) groups excluding carboxylic acids is 1. The molecule has 6 nitrogen and oxygen atoms in total. The zero-order valence-corrected chi connectivity index (χ0v) is 11.0. The molecule has 21 heavy (non-hydrogen) atoms. The standard InChI is InChI=1S/C15H11N3O3/c16-18-17-12-4-1-10(2-5-12)15(19)11-3-6-13-14(9-11)21-8-7-20-13/h1-6,9H,7-8H2. The molecular weight excluding hydrogens is 270 g/mol. The van der Waals surface area contributed by atoms with Gasteiger partial charge in [-0.05, 0) is 23.7 Å². The lowest BCUT2D eigenvalue weighted by Gasteiger charge is -2.18. The Balaban J connectivity index is 1.89. The van der Waals surface area contributed by atoms with Crippen LogP contribution in [0.15, 0.2) is 47.6 Å². The van der Waals surface area contributed by atoms with Gasteiger partial charge in [-0.3, -0.25) is 4.79 Å². The van der Waals surface area contributed by atoms with Crippen LogP contribution in [0.5, 0.6) is 11.5 Å². The Kier molecular flexibility index (Phi) is 3.45. The Morgan fingerprint density at radius 2 is 1.67 bits per heavy atom. The van der Waals surface area contributed by atoms with Crippen molar-refractivity contribution in [1.29, 1.82) is 0 Å². The second kappa shape index (κ2) is 5.56. The first-order valence-corrected chi connectivity index (χ1v) is 6.37. The molecule has 0 atom stereocenters. The summed E-state index contributed by atoms with van der Waals surface area (Å²) in [5.74, 6) is 1.11. The number of hydrogen-bond acceptors (Lipinski definition) is 4. The molecule has 0 saturated carbocycles. The molecule has 1 aliphatic heterocycles. The van der Waals surface area contributed by atoms with Crippen molar-refractivity contribution in [3.63, 3.8) is 0 Å². The molecule has 2 aromatic carbocycles. The van der Waals surface area contributed by atoms with E-state index in [1.54, 1.807) is 42.5 Å². The molecule has 0 aliphatic carbocycles. The fourth-order valence-corrected chi connectivity index (χ4v) is 2.08. The van der Waals surface area contributed by atoms with E-state index in [9.17, 15) is 4.79 Å². The van der Waals surface area contributed by atoms with Crippen molar-refractivity contribution in [2.24, 2.45) is 5.11 Å². The Morgan fingerprint density at radius 1 is 1.00 bits per heavy atom. The van der Waals surface area contributed by atoms with Crippen molar-refractivity contribution in [2.45, 2.75) is 0 Å². The van der Waals surface area contributed by atoms with E-state index in [0.717, 1.165) is 0 Å². The number of rotatable bonds is 3. The third kappa shape index (κ3) is 2.66. The molecule has 0 saturated heterocycles. The van der Waals surface area contributed by atoms with Gasteiger partial charge < -0.3 is 9.47 Å². The zero-order valence-electron chi connectivity index (χ0n) is 11.0. The number of benzene rings is 2. The lowest BCUT2D eigenvalue weighted by Crippen LogP contribution is -2.15. The van der Waals surface area contributed by atoms with Gasteiger partial charge in [-0.25, -0.2) is 0 Å². The molecule has 6 heteroatoms. The maximum absolute atomic E-state index is 12.4. The van der Waals surface area contributed by atoms with Crippen LogP contribution in [-0.4, -0.2) is 19.0 Å². The molecule has 0 bridgehead atoms. The van der Waals surface area contributed by atoms with E-state index in [1.807, 2.05) is 0 Å². The Hall–Kier alpha value is -2.98. The second-order valence-corrected chi connectivity index (χ2v) is 4.42. The SMILES string of the molecule is [N-]=[N+]=Nc1ccc(C(=O)c2ccc3c(c2)OCCO3)cc1. The van der Waals surface area contributed by atoms with Crippen molar-refractivity contribution in [3.8, 4) is 11.5 Å². The average molecular weight is 281 g/mol. The Labute approximate surface area is 120 Å². The lowest BCUT2D eigenvalue weighted by molar-refractivity contribution is 0.103. The van der Waals surface area contributed by atoms with Crippen LogP contribution in [-0.2, 0) is 0 Å². The molecule has 3 rings (SSSR count). The first-order chi connectivity index (χ1) is 10.3. The van der Waals surface area contributed by atoms with Gasteiger partial charge in [0, 0.05) is 21.7 Å². The van der Waals surface area contributed by atoms with Crippen molar-refractivity contribution >= 4 is 11.5 Å². The molecule has 1 aliphatic rings. The van der Waals surface area contributed by atoms with Crippen LogP contribution in [0, 0.1) is 0 Å². The summed E-state index contributed by atoms with van der Waals surface area (Å²) in [5.41, 5.74) is 9.86. The van der Waals surface area contributed by atoms with Gasteiger partial charge >= 0.3 is 0 Å². The summed E-state index contributed by atoms with van der Waals surface area (Å²) in [6.07, 6.45) is 0. The molecule has 0 spiro atoms. The molecule has 0 aromatic heterocycles. The third-order valence-electron chi connectivity index (χ3n) is 3.09. The minimum Gasteiger partial charge on any atom is -0.486 e. The molecule has 0 N–H and O–H groups in total. The predicted molar refractivity (Wildman–Crippen MR) is 76.1 cm³/mol. The van der Waals surface area contributed by atoms with Crippen molar-refractivity contribution < 1.29 is 14.3 Å². The van der Waals surface area contributed by atoms with Crippen LogP contribution >= 0.6 is 0 Å². The summed E-state index contributed by atoms with van der Waals surface area (Å²) >= 11 is 0. The van der Waals surface area contributed by atoms with E-state index in [2.05, 4.69) is 10.0 Å². The highest BCUT2D eigenvalue weighted by Gasteiger charge is 2.15. The fourth-order valence-electron chi connectivity index (χ4n) is 2.08. The van der Waals surface area contributed by atoms with Crippen molar-refractivity contribution in [1.82, 2.24) is 0 Å². The highest BCUT2D eigenvalue weighted by molar-refractivity contribution is 6.09. The summed E-state index contributed by atoms with van der Waals surface area (Å²) < 4.78 is 10.9. The number of ketones is 1. The minimum absolute atomic E-state index is 0.125. The van der Waals surface area contributed by atoms with Gasteiger partial charge in [0.15, 0.2) is 17.3 Å². The van der Waals surface area contributed by atoms with Crippen molar-refractivity contribution in [3.05, 3.63) is 64.0 Å². The smallest absolute Gasteiger partial charge is 0.193 e. The monoisotopic (exact) mass is 281 g/mol. The Bertz CT molecular complexity index is 734. The van der Waals surface area contributed by atoms with Crippen LogP contribution in [0.25, 0.3) is 10.4 Å². The number of nitrogens with zero attached hydrogens (tertiary/aromatic N) is 3. The topological polar surface area (TPSA) is 84.3 Å². The number of carbonyl (C=O) groups is 1. The number of fused-ring (bicyclic) bond motifs is 1. The van der Waals surface area contributed by atoms with Crippen LogP contribution in [0.2, 0.25) is 0 Å². The lowest BCUT2D eigenvalue weighted by atomic mass is 10.0. The predicted octanol–water partition coefficient (Wildman–Crippen LogP) is 3.63. The average Bonchev–Trinajstić information content (AvgIpc) is 2.55. The van der Waals surface area contributed by atoms with Crippen LogP contribution < -0.4 is 9.47 Å². The number of ether oxygens (including phenoxy) is 2. The van der Waals surface area contributed by atoms with Gasteiger partial charge in [-0.1, -0.05) is 29.4 Å². The van der Waals surface area contributed by atoms with E-state index < -0.39 is 0 Å². The maximum Gasteiger partial charge on any atom is 0.193 e. The summed E-state index contributed by atoms with van der Waals surface area (Å²) in [6, 6.07) is 11.6.